The predicted molar refractivity (Wildman–Crippen MR) is 191 cm³/mol. The van der Waals surface area contributed by atoms with Gasteiger partial charge >= 0.3 is 15.6 Å². The van der Waals surface area contributed by atoms with Crippen molar-refractivity contribution in [1.29, 1.82) is 0 Å². The zero-order valence-electron chi connectivity index (χ0n) is 28.2. The maximum absolute atomic E-state index is 12.9. The van der Waals surface area contributed by atoms with Crippen molar-refractivity contribution < 1.29 is 37.8 Å². The molecule has 0 atom stereocenters. The zero-order valence-corrected chi connectivity index (χ0v) is 30.0. The summed E-state index contributed by atoms with van der Waals surface area (Å²) >= 11 is 0. The van der Waals surface area contributed by atoms with Crippen LogP contribution in [0.4, 0.5) is 0 Å². The zero-order chi connectivity index (χ0) is 35.3. The molecule has 0 aromatic heterocycles. The van der Waals surface area contributed by atoms with Crippen LogP contribution in [-0.4, -0.2) is 19.6 Å². The highest BCUT2D eigenvalue weighted by Gasteiger charge is 2.38. The minimum atomic E-state index is -5.37. The van der Waals surface area contributed by atoms with Gasteiger partial charge in [-0.25, -0.2) is 9.13 Å². The second kappa shape index (κ2) is 13.1. The summed E-state index contributed by atoms with van der Waals surface area (Å²) in [4.78, 5) is 41.8. The van der Waals surface area contributed by atoms with Crippen molar-refractivity contribution in [3.63, 3.8) is 0 Å². The highest BCUT2D eigenvalue weighted by atomic mass is 31.2. The molecule has 5 rings (SSSR count). The molecule has 5 aromatic carbocycles. The van der Waals surface area contributed by atoms with Crippen molar-refractivity contribution in [3.8, 4) is 56.0 Å². The molecule has 0 bridgehead atoms. The van der Waals surface area contributed by atoms with Crippen molar-refractivity contribution in [3.05, 3.63) is 117 Å². The highest BCUT2D eigenvalue weighted by Crippen LogP contribution is 2.63. The minimum Gasteiger partial charge on any atom is -0.400 e. The number of aryl methyl sites for hydroxylation is 8. The average Bonchev–Trinajstić information content (AvgIpc) is 2.95. The summed E-state index contributed by atoms with van der Waals surface area (Å²) in [5.74, 6) is -0.927. The van der Waals surface area contributed by atoms with Gasteiger partial charge in [-0.15, -0.1) is 0 Å². The predicted octanol–water partition coefficient (Wildman–Crippen LogP) is 9.76. The van der Waals surface area contributed by atoms with Crippen LogP contribution >= 0.6 is 15.6 Å². The highest BCUT2D eigenvalue weighted by molar-refractivity contribution is 7.47. The molecule has 0 spiro atoms. The summed E-state index contributed by atoms with van der Waals surface area (Å²) in [5.41, 5.74) is 11.0. The third-order valence-corrected chi connectivity index (χ3v) is 9.60. The van der Waals surface area contributed by atoms with Crippen molar-refractivity contribution >= 4 is 15.6 Å². The van der Waals surface area contributed by atoms with E-state index in [1.54, 1.807) is 0 Å². The molecule has 0 amide bonds. The summed E-state index contributed by atoms with van der Waals surface area (Å²) in [6.45, 7) is 15.4. The van der Waals surface area contributed by atoms with Crippen LogP contribution < -0.4 is 9.05 Å². The standard InChI is InChI=1S/C38H40O8P2/c1-21-13-9-14-22(2)29(21)33-34(30-23(3)15-10-16-24(30)4)36(32-27(7)19-12-20-28(32)8)38(46-48(42,43)44)37(45-47(39,40)41)35(33)31-25(5)17-11-18-26(31)6/h9-20H,1-8H3,(H2,39,40,41)(H2,42,43,44). The Morgan fingerprint density at radius 2 is 0.542 bits per heavy atom. The van der Waals surface area contributed by atoms with Gasteiger partial charge in [-0.2, -0.15) is 0 Å². The van der Waals surface area contributed by atoms with Gasteiger partial charge in [0.05, 0.1) is 0 Å². The van der Waals surface area contributed by atoms with Crippen molar-refractivity contribution in [2.24, 2.45) is 0 Å². The fourth-order valence-corrected chi connectivity index (χ4v) is 7.75. The smallest absolute Gasteiger partial charge is 0.400 e. The molecule has 10 heteroatoms. The van der Waals surface area contributed by atoms with E-state index in [-0.39, 0.29) is 11.1 Å². The van der Waals surface area contributed by atoms with Crippen LogP contribution in [0.25, 0.3) is 44.5 Å². The molecule has 0 fully saturated rings. The molecule has 4 N–H and O–H groups in total. The van der Waals surface area contributed by atoms with Crippen LogP contribution in [-0.2, 0) is 9.13 Å². The summed E-state index contributed by atoms with van der Waals surface area (Å²) in [6, 6.07) is 23.0. The molecular formula is C38H40O8P2. The first-order valence-electron chi connectivity index (χ1n) is 15.4. The van der Waals surface area contributed by atoms with Crippen molar-refractivity contribution in [1.82, 2.24) is 0 Å². The van der Waals surface area contributed by atoms with E-state index in [0.717, 1.165) is 55.6 Å². The first kappa shape index (κ1) is 35.3. The van der Waals surface area contributed by atoms with Gasteiger partial charge in [-0.1, -0.05) is 72.8 Å². The van der Waals surface area contributed by atoms with Gasteiger partial charge in [0.2, 0.25) is 0 Å². The van der Waals surface area contributed by atoms with Gasteiger partial charge in [0.15, 0.2) is 11.5 Å². The van der Waals surface area contributed by atoms with Crippen LogP contribution in [0.5, 0.6) is 11.5 Å². The normalized spacial score (nSPS) is 11.9. The third kappa shape index (κ3) is 6.79. The first-order valence-corrected chi connectivity index (χ1v) is 18.5. The molecule has 48 heavy (non-hydrogen) atoms. The number of phosphoric ester groups is 2. The topological polar surface area (TPSA) is 134 Å². The van der Waals surface area contributed by atoms with E-state index in [0.29, 0.717) is 22.3 Å². The number of rotatable bonds is 8. The molecule has 0 aliphatic rings. The largest absolute Gasteiger partial charge is 0.524 e. The Balaban J connectivity index is 2.32. The quantitative estimate of drug-likeness (QED) is 0.119. The third-order valence-electron chi connectivity index (χ3n) is 8.76. The summed E-state index contributed by atoms with van der Waals surface area (Å²) in [5, 5.41) is 0. The van der Waals surface area contributed by atoms with Gasteiger partial charge < -0.3 is 9.05 Å². The van der Waals surface area contributed by atoms with Crippen LogP contribution in [0, 0.1) is 55.4 Å². The first-order chi connectivity index (χ1) is 22.4. The second-order valence-corrected chi connectivity index (χ2v) is 14.7. The van der Waals surface area contributed by atoms with Gasteiger partial charge in [0.1, 0.15) is 0 Å². The maximum atomic E-state index is 12.9. The number of hydrogen-bond donors (Lipinski definition) is 4. The molecule has 8 nitrogen and oxygen atoms in total. The molecule has 0 unspecified atom stereocenters. The van der Waals surface area contributed by atoms with E-state index in [9.17, 15) is 28.7 Å². The fourth-order valence-electron chi connectivity index (χ4n) is 6.93. The molecule has 250 valence electrons. The van der Waals surface area contributed by atoms with Crippen LogP contribution in [0.3, 0.4) is 0 Å². The van der Waals surface area contributed by atoms with Gasteiger partial charge in [0.25, 0.3) is 0 Å². The number of benzene rings is 5. The Kier molecular flexibility index (Phi) is 9.66. The van der Waals surface area contributed by atoms with Gasteiger partial charge in [-0.3, -0.25) is 19.6 Å². The van der Waals surface area contributed by atoms with E-state index in [4.69, 9.17) is 9.05 Å². The summed E-state index contributed by atoms with van der Waals surface area (Å²) in [6.07, 6.45) is 0. The SMILES string of the molecule is Cc1cccc(C)c1-c1c(OP(=O)(O)O)c(OP(=O)(O)O)c(-c2c(C)cccc2C)c(-c2c(C)cccc2C)c1-c1c(C)cccc1C. The van der Waals surface area contributed by atoms with Crippen molar-refractivity contribution in [2.75, 3.05) is 0 Å². The molecule has 5 aromatic rings. The Morgan fingerprint density at radius 1 is 0.354 bits per heavy atom. The molecule has 0 saturated carbocycles. The van der Waals surface area contributed by atoms with Gasteiger partial charge in [0, 0.05) is 22.3 Å². The van der Waals surface area contributed by atoms with E-state index in [1.807, 2.05) is 128 Å². The lowest BCUT2D eigenvalue weighted by molar-refractivity contribution is 0.264. The number of hydrogen-bond acceptors (Lipinski definition) is 4. The maximum Gasteiger partial charge on any atom is 0.524 e. The summed E-state index contributed by atoms with van der Waals surface area (Å²) < 4.78 is 37.1. The lowest BCUT2D eigenvalue weighted by atomic mass is 9.75. The van der Waals surface area contributed by atoms with E-state index < -0.39 is 27.1 Å². The molecule has 0 aliphatic heterocycles. The minimum absolute atomic E-state index is 0.252. The number of phosphoric acid groups is 2. The Bertz CT molecular complexity index is 1940. The molecule has 0 aliphatic carbocycles. The summed E-state index contributed by atoms with van der Waals surface area (Å²) in [7, 11) is -10.7. The molecular weight excluding hydrogens is 646 g/mol. The molecule has 0 saturated heterocycles. The Hall–Kier alpha value is -4.00. The van der Waals surface area contributed by atoms with Crippen LogP contribution in [0.2, 0.25) is 0 Å². The van der Waals surface area contributed by atoms with Crippen molar-refractivity contribution in [2.45, 2.75) is 55.4 Å². The second-order valence-electron chi connectivity index (χ2n) is 12.4. The molecule has 0 radical (unpaired) electrons. The van der Waals surface area contributed by atoms with E-state index >= 15 is 0 Å². The average molecular weight is 687 g/mol. The fraction of sp³-hybridized carbons (Fsp3) is 0.211. The van der Waals surface area contributed by atoms with Crippen LogP contribution in [0.15, 0.2) is 72.8 Å². The van der Waals surface area contributed by atoms with Crippen LogP contribution in [0.1, 0.15) is 44.5 Å². The van der Waals surface area contributed by atoms with E-state index in [2.05, 4.69) is 0 Å². The van der Waals surface area contributed by atoms with E-state index in [1.165, 1.54) is 0 Å². The lowest BCUT2D eigenvalue weighted by Crippen LogP contribution is -2.08. The van der Waals surface area contributed by atoms with Gasteiger partial charge in [-0.05, 0) is 122 Å². The Labute approximate surface area is 281 Å². The lowest BCUT2D eigenvalue weighted by Gasteiger charge is -2.31. The Morgan fingerprint density at radius 3 is 0.729 bits per heavy atom. The monoisotopic (exact) mass is 686 g/mol. The molecule has 0 heterocycles.